The number of benzene rings is 1. The molecule has 0 saturated carbocycles. The molecule has 9 nitrogen and oxygen atoms in total. The fourth-order valence-corrected chi connectivity index (χ4v) is 2.69. The van der Waals surface area contributed by atoms with E-state index in [0.717, 1.165) is 0 Å². The Labute approximate surface area is 162 Å². The summed E-state index contributed by atoms with van der Waals surface area (Å²) in [7, 11) is 0. The second kappa shape index (κ2) is 8.81. The van der Waals surface area contributed by atoms with E-state index in [1.54, 1.807) is 18.2 Å². The molecule has 27 heavy (non-hydrogen) atoms. The third kappa shape index (κ3) is 6.52. The van der Waals surface area contributed by atoms with E-state index in [1.807, 2.05) is 20.8 Å². The summed E-state index contributed by atoms with van der Waals surface area (Å²) in [6.45, 7) is 6.26. The van der Waals surface area contributed by atoms with Crippen LogP contribution in [0.1, 0.15) is 39.2 Å². The molecule has 1 aromatic heterocycles. The number of carboxylic acid groups (broad SMARTS) is 1. The molecule has 1 heterocycles. The maximum absolute atomic E-state index is 12.5. The highest BCUT2D eigenvalue weighted by atomic mass is 35.5. The fraction of sp³-hybridized carbons (Fsp3) is 0.471. The van der Waals surface area contributed by atoms with E-state index in [-0.39, 0.29) is 12.0 Å². The zero-order valence-electron chi connectivity index (χ0n) is 15.4. The second-order valence-electron chi connectivity index (χ2n) is 7.35. The van der Waals surface area contributed by atoms with Gasteiger partial charge in [0.1, 0.15) is 12.4 Å². The average molecular weight is 395 g/mol. The first kappa shape index (κ1) is 20.6. The highest BCUT2D eigenvalue weighted by molar-refractivity contribution is 6.30. The lowest BCUT2D eigenvalue weighted by Gasteiger charge is -2.23. The molecule has 3 N–H and O–H groups in total. The largest absolute Gasteiger partial charge is 0.465 e. The van der Waals surface area contributed by atoms with Crippen molar-refractivity contribution in [3.63, 3.8) is 0 Å². The molecule has 0 spiro atoms. The summed E-state index contributed by atoms with van der Waals surface area (Å²) >= 11 is 6.06. The Balaban J connectivity index is 2.10. The molecule has 0 fully saturated rings. The Morgan fingerprint density at radius 1 is 1.33 bits per heavy atom. The zero-order chi connectivity index (χ0) is 20.0. The maximum atomic E-state index is 12.5. The number of amides is 2. The third-order valence-electron chi connectivity index (χ3n) is 3.89. The number of tetrazole rings is 1. The van der Waals surface area contributed by atoms with E-state index >= 15 is 0 Å². The quantitative estimate of drug-likeness (QED) is 0.662. The summed E-state index contributed by atoms with van der Waals surface area (Å²) in [5, 5.41) is 25.6. The molecule has 2 aromatic rings. The Kier molecular flexibility index (Phi) is 6.73. The van der Waals surface area contributed by atoms with Crippen LogP contribution >= 0.6 is 11.6 Å². The van der Waals surface area contributed by atoms with Gasteiger partial charge in [-0.3, -0.25) is 4.79 Å². The number of carbonyl (C=O) groups excluding carboxylic acids is 1. The first-order valence-corrected chi connectivity index (χ1v) is 8.82. The number of nitrogens with one attached hydrogen (secondary N) is 2. The molecule has 0 aliphatic carbocycles. The Hall–Kier alpha value is -2.68. The molecule has 1 aromatic carbocycles. The monoisotopic (exact) mass is 394 g/mol. The van der Waals surface area contributed by atoms with Crippen molar-refractivity contribution in [2.24, 2.45) is 5.41 Å². The molecule has 0 aliphatic heterocycles. The van der Waals surface area contributed by atoms with Crippen molar-refractivity contribution < 1.29 is 14.7 Å². The lowest BCUT2D eigenvalue weighted by atomic mass is 9.88. The van der Waals surface area contributed by atoms with Gasteiger partial charge in [-0.2, -0.15) is 0 Å². The third-order valence-corrected chi connectivity index (χ3v) is 4.12. The number of hydrogen-bond acceptors (Lipinski definition) is 5. The summed E-state index contributed by atoms with van der Waals surface area (Å²) < 4.78 is 1.46. The Bertz CT molecular complexity index is 788. The van der Waals surface area contributed by atoms with Gasteiger partial charge in [-0.25, -0.2) is 9.48 Å². The van der Waals surface area contributed by atoms with Gasteiger partial charge < -0.3 is 15.7 Å². The molecule has 10 heteroatoms. The fourth-order valence-electron chi connectivity index (χ4n) is 2.49. The lowest BCUT2D eigenvalue weighted by Crippen LogP contribution is -2.46. The normalized spacial score (nSPS) is 12.4. The standard InChI is InChI=1S/C17H23ClN6O3/c1-17(2,3)7-6-13(21-16(26)27)15(25)19-9-11-8-12(18)4-5-14(11)24-10-20-22-23-24/h4-5,8,10,13,21H,6-7,9H2,1-3H3,(H,19,25)(H,26,27)/t13-/m0/s1. The number of halogens is 1. The van der Waals surface area contributed by atoms with Crippen LogP contribution in [0.3, 0.4) is 0 Å². The van der Waals surface area contributed by atoms with Crippen molar-refractivity contribution in [1.82, 2.24) is 30.8 Å². The van der Waals surface area contributed by atoms with Crippen molar-refractivity contribution in [3.8, 4) is 5.69 Å². The minimum atomic E-state index is -1.24. The van der Waals surface area contributed by atoms with Gasteiger partial charge in [0.05, 0.1) is 5.69 Å². The molecule has 1 atom stereocenters. The van der Waals surface area contributed by atoms with E-state index in [1.165, 1.54) is 11.0 Å². The van der Waals surface area contributed by atoms with Crippen molar-refractivity contribution in [3.05, 3.63) is 35.1 Å². The number of nitrogens with zero attached hydrogens (tertiary/aromatic N) is 4. The summed E-state index contributed by atoms with van der Waals surface area (Å²) in [5.41, 5.74) is 1.36. The molecule has 0 aliphatic rings. The predicted molar refractivity (Wildman–Crippen MR) is 99.6 cm³/mol. The highest BCUT2D eigenvalue weighted by Gasteiger charge is 2.23. The van der Waals surface area contributed by atoms with Crippen LogP contribution in [-0.4, -0.2) is 43.4 Å². The van der Waals surface area contributed by atoms with Crippen LogP contribution in [-0.2, 0) is 11.3 Å². The molecule has 146 valence electrons. The minimum absolute atomic E-state index is 0.0150. The van der Waals surface area contributed by atoms with Gasteiger partial charge in [-0.1, -0.05) is 32.4 Å². The van der Waals surface area contributed by atoms with Crippen LogP contribution in [0.5, 0.6) is 0 Å². The van der Waals surface area contributed by atoms with E-state index in [0.29, 0.717) is 29.1 Å². The van der Waals surface area contributed by atoms with Crippen LogP contribution in [0.4, 0.5) is 4.79 Å². The van der Waals surface area contributed by atoms with Gasteiger partial charge in [0.2, 0.25) is 5.91 Å². The topological polar surface area (TPSA) is 122 Å². The van der Waals surface area contributed by atoms with Crippen LogP contribution in [0, 0.1) is 5.41 Å². The molecule has 2 amide bonds. The summed E-state index contributed by atoms with van der Waals surface area (Å²) in [6, 6.07) is 4.31. The summed E-state index contributed by atoms with van der Waals surface area (Å²) in [4.78, 5) is 23.6. The van der Waals surface area contributed by atoms with E-state index < -0.39 is 18.0 Å². The van der Waals surface area contributed by atoms with E-state index in [9.17, 15) is 9.59 Å². The Morgan fingerprint density at radius 3 is 2.67 bits per heavy atom. The first-order chi connectivity index (χ1) is 12.7. The van der Waals surface area contributed by atoms with Gasteiger partial charge in [-0.05, 0) is 52.4 Å². The SMILES string of the molecule is CC(C)(C)CC[C@H](NC(=O)O)C(=O)NCc1cc(Cl)ccc1-n1cnnn1. The van der Waals surface area contributed by atoms with Crippen molar-refractivity contribution in [2.45, 2.75) is 46.2 Å². The van der Waals surface area contributed by atoms with Crippen LogP contribution in [0.2, 0.25) is 5.02 Å². The zero-order valence-corrected chi connectivity index (χ0v) is 16.2. The molecular formula is C17H23ClN6O3. The van der Waals surface area contributed by atoms with Gasteiger partial charge in [0, 0.05) is 11.6 Å². The second-order valence-corrected chi connectivity index (χ2v) is 7.78. The molecular weight excluding hydrogens is 372 g/mol. The van der Waals surface area contributed by atoms with Crippen LogP contribution in [0.15, 0.2) is 24.5 Å². The van der Waals surface area contributed by atoms with Crippen molar-refractivity contribution in [1.29, 1.82) is 0 Å². The maximum Gasteiger partial charge on any atom is 0.405 e. The van der Waals surface area contributed by atoms with E-state index in [2.05, 4.69) is 26.2 Å². The number of carbonyl (C=O) groups is 2. The molecule has 0 saturated heterocycles. The predicted octanol–water partition coefficient (Wildman–Crippen LogP) is 2.39. The molecule has 0 bridgehead atoms. The number of hydrogen-bond donors (Lipinski definition) is 3. The average Bonchev–Trinajstić information content (AvgIpc) is 3.09. The molecule has 0 radical (unpaired) electrons. The molecule has 2 rings (SSSR count). The van der Waals surface area contributed by atoms with Gasteiger partial charge in [0.15, 0.2) is 0 Å². The lowest BCUT2D eigenvalue weighted by molar-refractivity contribution is -0.123. The summed E-state index contributed by atoms with van der Waals surface area (Å²) in [6.07, 6.45) is 1.29. The highest BCUT2D eigenvalue weighted by Crippen LogP contribution is 2.22. The molecule has 0 unspecified atom stereocenters. The van der Waals surface area contributed by atoms with Crippen molar-refractivity contribution >= 4 is 23.6 Å². The first-order valence-electron chi connectivity index (χ1n) is 8.45. The minimum Gasteiger partial charge on any atom is -0.465 e. The van der Waals surface area contributed by atoms with Gasteiger partial charge >= 0.3 is 6.09 Å². The summed E-state index contributed by atoms with van der Waals surface area (Å²) in [5.74, 6) is -0.399. The van der Waals surface area contributed by atoms with Crippen LogP contribution < -0.4 is 10.6 Å². The number of rotatable bonds is 7. The Morgan fingerprint density at radius 2 is 2.07 bits per heavy atom. The van der Waals surface area contributed by atoms with Gasteiger partial charge in [0.25, 0.3) is 0 Å². The van der Waals surface area contributed by atoms with Gasteiger partial charge in [-0.15, -0.1) is 5.10 Å². The van der Waals surface area contributed by atoms with Crippen LogP contribution in [0.25, 0.3) is 5.69 Å². The number of aromatic nitrogens is 4. The smallest absolute Gasteiger partial charge is 0.405 e. The van der Waals surface area contributed by atoms with Crippen molar-refractivity contribution in [2.75, 3.05) is 0 Å². The van der Waals surface area contributed by atoms with E-state index in [4.69, 9.17) is 16.7 Å².